The summed E-state index contributed by atoms with van der Waals surface area (Å²) in [6.45, 7) is 7.47. The number of carbonyl (C=O) groups is 2. The monoisotopic (exact) mass is 541 g/mol. The third-order valence-corrected chi connectivity index (χ3v) is 7.63. The van der Waals surface area contributed by atoms with Crippen LogP contribution in [0.25, 0.3) is 0 Å². The summed E-state index contributed by atoms with van der Waals surface area (Å²) in [6.07, 6.45) is 2.11. The van der Waals surface area contributed by atoms with Crippen LogP contribution in [0, 0.1) is 13.8 Å². The molecule has 0 radical (unpaired) electrons. The minimum atomic E-state index is -3.80. The Kier molecular flexibility index (Phi) is 10.4. The third kappa shape index (κ3) is 7.59. The highest BCUT2D eigenvalue weighted by Crippen LogP contribution is 2.28. The van der Waals surface area contributed by atoms with Gasteiger partial charge in [-0.25, -0.2) is 8.42 Å². The predicted octanol–water partition coefficient (Wildman–Crippen LogP) is 4.71. The lowest BCUT2D eigenvalue weighted by molar-refractivity contribution is -0.140. The molecule has 1 atom stereocenters. The Morgan fingerprint density at radius 2 is 1.66 bits per heavy atom. The molecule has 0 aliphatic heterocycles. The topological polar surface area (TPSA) is 86.8 Å². The molecule has 192 valence electrons. The lowest BCUT2D eigenvalue weighted by Crippen LogP contribution is -2.52. The van der Waals surface area contributed by atoms with Crippen molar-refractivity contribution >= 4 is 50.7 Å². The second-order valence-corrected chi connectivity index (χ2v) is 11.2. The van der Waals surface area contributed by atoms with E-state index >= 15 is 0 Å². The predicted molar refractivity (Wildman–Crippen MR) is 142 cm³/mol. The standard InChI is InChI=1S/C25H33Cl2N3O4S/c1-6-13-28-25(32)23(7-2)29(15-20-21(26)9-8-10-22(20)27)24(31)16-30(35(5,33)34)19-12-11-17(3)18(4)14-19/h8-12,14,23H,6-7,13,15-16H2,1-5H3,(H,28,32)/t23-/m1/s1. The van der Waals surface area contributed by atoms with Gasteiger partial charge in [-0.05, 0) is 62.1 Å². The lowest BCUT2D eigenvalue weighted by Gasteiger charge is -2.33. The second kappa shape index (κ2) is 12.6. The molecule has 0 aromatic heterocycles. The fraction of sp³-hybridized carbons (Fsp3) is 0.440. The number of rotatable bonds is 11. The van der Waals surface area contributed by atoms with Crippen molar-refractivity contribution in [1.29, 1.82) is 0 Å². The number of halogens is 2. The Bertz CT molecular complexity index is 1150. The molecule has 2 aromatic rings. The van der Waals surface area contributed by atoms with E-state index < -0.39 is 28.5 Å². The summed E-state index contributed by atoms with van der Waals surface area (Å²) in [7, 11) is -3.80. The van der Waals surface area contributed by atoms with E-state index in [1.165, 1.54) is 4.90 Å². The molecule has 35 heavy (non-hydrogen) atoms. The van der Waals surface area contributed by atoms with Crippen LogP contribution >= 0.6 is 23.2 Å². The molecule has 0 saturated heterocycles. The van der Waals surface area contributed by atoms with Gasteiger partial charge in [0.15, 0.2) is 0 Å². The van der Waals surface area contributed by atoms with Crippen LogP contribution in [-0.2, 0) is 26.2 Å². The molecule has 0 saturated carbocycles. The van der Waals surface area contributed by atoms with Gasteiger partial charge in [0, 0.05) is 28.7 Å². The number of nitrogens with one attached hydrogen (secondary N) is 1. The normalized spacial score (nSPS) is 12.2. The van der Waals surface area contributed by atoms with E-state index in [0.29, 0.717) is 34.3 Å². The zero-order valence-corrected chi connectivity index (χ0v) is 23.1. The van der Waals surface area contributed by atoms with Crippen LogP contribution in [0.3, 0.4) is 0 Å². The van der Waals surface area contributed by atoms with Gasteiger partial charge in [0.2, 0.25) is 21.8 Å². The third-order valence-electron chi connectivity index (χ3n) is 5.78. The van der Waals surface area contributed by atoms with Gasteiger partial charge in [-0.3, -0.25) is 13.9 Å². The summed E-state index contributed by atoms with van der Waals surface area (Å²) in [5.74, 6) is -0.855. The van der Waals surface area contributed by atoms with Crippen LogP contribution < -0.4 is 9.62 Å². The van der Waals surface area contributed by atoms with Crippen molar-refractivity contribution in [3.8, 4) is 0 Å². The van der Waals surface area contributed by atoms with E-state index in [1.54, 1.807) is 37.3 Å². The van der Waals surface area contributed by atoms with E-state index in [2.05, 4.69) is 5.32 Å². The first-order valence-corrected chi connectivity index (χ1v) is 14.1. The summed E-state index contributed by atoms with van der Waals surface area (Å²) in [5.41, 5.74) is 2.77. The fourth-order valence-corrected chi connectivity index (χ4v) is 4.99. The largest absolute Gasteiger partial charge is 0.354 e. The van der Waals surface area contributed by atoms with Gasteiger partial charge in [0.05, 0.1) is 11.9 Å². The maximum absolute atomic E-state index is 13.7. The van der Waals surface area contributed by atoms with Gasteiger partial charge in [-0.1, -0.05) is 49.2 Å². The molecule has 7 nitrogen and oxygen atoms in total. The minimum Gasteiger partial charge on any atom is -0.354 e. The Morgan fingerprint density at radius 1 is 1.03 bits per heavy atom. The van der Waals surface area contributed by atoms with E-state index in [9.17, 15) is 18.0 Å². The Labute approximate surface area is 218 Å². The number of sulfonamides is 1. The molecular weight excluding hydrogens is 509 g/mol. The van der Waals surface area contributed by atoms with E-state index in [-0.39, 0.29) is 12.5 Å². The number of amides is 2. The average molecular weight is 543 g/mol. The number of carbonyl (C=O) groups excluding carboxylic acids is 2. The maximum atomic E-state index is 13.7. The highest BCUT2D eigenvalue weighted by Gasteiger charge is 2.32. The van der Waals surface area contributed by atoms with Crippen molar-refractivity contribution in [2.24, 2.45) is 0 Å². The molecule has 0 spiro atoms. The van der Waals surface area contributed by atoms with Crippen LogP contribution in [0.2, 0.25) is 10.0 Å². The molecule has 0 aliphatic carbocycles. The Morgan fingerprint density at radius 3 is 2.17 bits per heavy atom. The van der Waals surface area contributed by atoms with Crippen molar-refractivity contribution in [3.05, 3.63) is 63.1 Å². The fourth-order valence-electron chi connectivity index (χ4n) is 3.63. The number of aryl methyl sites for hydroxylation is 2. The first-order valence-electron chi connectivity index (χ1n) is 11.5. The molecule has 10 heteroatoms. The molecule has 2 amide bonds. The van der Waals surface area contributed by atoms with Gasteiger partial charge in [0.25, 0.3) is 0 Å². The van der Waals surface area contributed by atoms with Gasteiger partial charge in [-0.2, -0.15) is 0 Å². The van der Waals surface area contributed by atoms with Crippen molar-refractivity contribution in [2.75, 3.05) is 23.7 Å². The van der Waals surface area contributed by atoms with Crippen molar-refractivity contribution < 1.29 is 18.0 Å². The number of nitrogens with zero attached hydrogens (tertiary/aromatic N) is 2. The van der Waals surface area contributed by atoms with Gasteiger partial charge in [-0.15, -0.1) is 0 Å². The zero-order valence-electron chi connectivity index (χ0n) is 20.8. The summed E-state index contributed by atoms with van der Waals surface area (Å²) < 4.78 is 26.5. The molecular formula is C25H33Cl2N3O4S. The van der Waals surface area contributed by atoms with Crippen molar-refractivity contribution in [2.45, 2.75) is 53.1 Å². The first kappa shape index (κ1) is 28.9. The Hall–Kier alpha value is -2.29. The molecule has 0 unspecified atom stereocenters. The molecule has 0 heterocycles. The van der Waals surface area contributed by atoms with Crippen molar-refractivity contribution in [1.82, 2.24) is 10.2 Å². The van der Waals surface area contributed by atoms with E-state index in [1.807, 2.05) is 26.8 Å². The van der Waals surface area contributed by atoms with Gasteiger partial charge < -0.3 is 10.2 Å². The van der Waals surface area contributed by atoms with Crippen LogP contribution in [0.15, 0.2) is 36.4 Å². The van der Waals surface area contributed by atoms with Gasteiger partial charge in [0.1, 0.15) is 12.6 Å². The quantitative estimate of drug-likeness (QED) is 0.446. The molecule has 0 fully saturated rings. The average Bonchev–Trinajstić information content (AvgIpc) is 2.78. The highest BCUT2D eigenvalue weighted by molar-refractivity contribution is 7.92. The molecule has 2 aromatic carbocycles. The number of anilines is 1. The van der Waals surface area contributed by atoms with E-state index in [0.717, 1.165) is 28.1 Å². The summed E-state index contributed by atoms with van der Waals surface area (Å²) >= 11 is 12.7. The molecule has 2 rings (SSSR count). The lowest BCUT2D eigenvalue weighted by atomic mass is 10.1. The molecule has 1 N–H and O–H groups in total. The van der Waals surface area contributed by atoms with Crippen molar-refractivity contribution in [3.63, 3.8) is 0 Å². The minimum absolute atomic E-state index is 0.0417. The SMILES string of the molecule is CCCNC(=O)[C@@H](CC)N(Cc1c(Cl)cccc1Cl)C(=O)CN(c1ccc(C)c(C)c1)S(C)(=O)=O. The number of hydrogen-bond donors (Lipinski definition) is 1. The maximum Gasteiger partial charge on any atom is 0.244 e. The van der Waals surface area contributed by atoms with E-state index in [4.69, 9.17) is 23.2 Å². The summed E-state index contributed by atoms with van der Waals surface area (Å²) in [5, 5.41) is 3.54. The smallest absolute Gasteiger partial charge is 0.244 e. The second-order valence-electron chi connectivity index (χ2n) is 8.48. The van der Waals surface area contributed by atoms with Gasteiger partial charge >= 0.3 is 0 Å². The van der Waals surface area contributed by atoms with Crippen LogP contribution in [0.5, 0.6) is 0 Å². The number of hydrogen-bond acceptors (Lipinski definition) is 4. The Balaban J connectivity index is 2.50. The molecule has 0 aliphatic rings. The zero-order chi connectivity index (χ0) is 26.3. The molecule has 0 bridgehead atoms. The highest BCUT2D eigenvalue weighted by atomic mass is 35.5. The number of benzene rings is 2. The summed E-state index contributed by atoms with van der Waals surface area (Å²) in [6, 6.07) is 9.37. The van der Waals surface area contributed by atoms with Crippen LogP contribution in [-0.4, -0.2) is 50.5 Å². The summed E-state index contributed by atoms with van der Waals surface area (Å²) in [4.78, 5) is 28.0. The van der Waals surface area contributed by atoms with Crippen LogP contribution in [0.1, 0.15) is 43.4 Å². The first-order chi connectivity index (χ1) is 16.4. The van der Waals surface area contributed by atoms with Crippen LogP contribution in [0.4, 0.5) is 5.69 Å².